The van der Waals surface area contributed by atoms with Crippen molar-refractivity contribution in [3.8, 4) is 0 Å². The Morgan fingerprint density at radius 2 is 1.76 bits per heavy atom. The zero-order chi connectivity index (χ0) is 15.1. The maximum Gasteiger partial charge on any atom is 0.171 e. The molecule has 21 heavy (non-hydrogen) atoms. The lowest BCUT2D eigenvalue weighted by Crippen LogP contribution is -2.41. The van der Waals surface area contributed by atoms with E-state index in [0.717, 1.165) is 12.1 Å². The molecule has 0 amide bonds. The monoisotopic (exact) mass is 300 g/mol. The highest BCUT2D eigenvalue weighted by Gasteiger charge is 2.09. The van der Waals surface area contributed by atoms with Crippen molar-refractivity contribution in [2.45, 2.75) is 19.4 Å². The third-order valence-corrected chi connectivity index (χ3v) is 3.41. The molecule has 0 spiro atoms. The molecular formula is C17H20N2OS. The van der Waals surface area contributed by atoms with Crippen LogP contribution < -0.4 is 10.6 Å². The first-order valence-electron chi connectivity index (χ1n) is 6.96. The second-order valence-electron chi connectivity index (χ2n) is 5.03. The molecule has 3 N–H and O–H groups in total. The Kier molecular flexibility index (Phi) is 5.72. The number of nitrogens with one attached hydrogen (secondary N) is 2. The van der Waals surface area contributed by atoms with E-state index in [1.807, 2.05) is 61.5 Å². The van der Waals surface area contributed by atoms with Crippen LogP contribution in [0.15, 0.2) is 54.6 Å². The molecule has 0 bridgehead atoms. The van der Waals surface area contributed by atoms with Crippen LogP contribution in [-0.2, 0) is 6.42 Å². The number of thiocarbonyl (C=S) groups is 1. The van der Waals surface area contributed by atoms with Gasteiger partial charge in [0.05, 0.1) is 12.6 Å². The molecule has 0 aromatic heterocycles. The Morgan fingerprint density at radius 3 is 2.38 bits per heavy atom. The van der Waals surface area contributed by atoms with E-state index in [4.69, 9.17) is 12.2 Å². The van der Waals surface area contributed by atoms with Crippen LogP contribution in [-0.4, -0.2) is 22.9 Å². The quantitative estimate of drug-likeness (QED) is 0.743. The predicted octanol–water partition coefficient (Wildman–Crippen LogP) is 2.89. The minimum Gasteiger partial charge on any atom is -0.394 e. The summed E-state index contributed by atoms with van der Waals surface area (Å²) in [6.45, 7) is 2.08. The van der Waals surface area contributed by atoms with Gasteiger partial charge in [-0.25, -0.2) is 0 Å². The van der Waals surface area contributed by atoms with Gasteiger partial charge in [-0.1, -0.05) is 48.0 Å². The van der Waals surface area contributed by atoms with Gasteiger partial charge in [-0.15, -0.1) is 0 Å². The summed E-state index contributed by atoms with van der Waals surface area (Å²) >= 11 is 5.29. The summed E-state index contributed by atoms with van der Waals surface area (Å²) in [5.41, 5.74) is 3.31. The van der Waals surface area contributed by atoms with Crippen LogP contribution in [0.4, 0.5) is 5.69 Å². The minimum atomic E-state index is -0.0992. The third-order valence-electron chi connectivity index (χ3n) is 3.19. The lowest BCUT2D eigenvalue weighted by Gasteiger charge is -2.19. The molecule has 2 rings (SSSR count). The average molecular weight is 300 g/mol. The van der Waals surface area contributed by atoms with Gasteiger partial charge in [0.1, 0.15) is 0 Å². The zero-order valence-electron chi connectivity index (χ0n) is 12.0. The third kappa shape index (κ3) is 5.17. The SMILES string of the molecule is Cc1ccc(NC(=S)N[C@@H](CO)Cc2ccccc2)cc1. The summed E-state index contributed by atoms with van der Waals surface area (Å²) in [4.78, 5) is 0. The van der Waals surface area contributed by atoms with Gasteiger partial charge >= 0.3 is 0 Å². The Morgan fingerprint density at radius 1 is 1.10 bits per heavy atom. The molecule has 2 aromatic rings. The number of rotatable bonds is 5. The van der Waals surface area contributed by atoms with E-state index >= 15 is 0 Å². The fraction of sp³-hybridized carbons (Fsp3) is 0.235. The molecular weight excluding hydrogens is 280 g/mol. The molecule has 0 aliphatic carbocycles. The minimum absolute atomic E-state index is 0.0324. The number of hydrogen-bond acceptors (Lipinski definition) is 2. The van der Waals surface area contributed by atoms with Crippen molar-refractivity contribution in [3.63, 3.8) is 0 Å². The molecule has 3 nitrogen and oxygen atoms in total. The van der Waals surface area contributed by atoms with E-state index in [0.29, 0.717) is 5.11 Å². The first kappa shape index (κ1) is 15.5. The van der Waals surface area contributed by atoms with E-state index in [9.17, 15) is 5.11 Å². The average Bonchev–Trinajstić information content (AvgIpc) is 2.50. The maximum atomic E-state index is 9.49. The second kappa shape index (κ2) is 7.76. The van der Waals surface area contributed by atoms with E-state index in [-0.39, 0.29) is 12.6 Å². The lowest BCUT2D eigenvalue weighted by atomic mass is 10.1. The van der Waals surface area contributed by atoms with Crippen molar-refractivity contribution < 1.29 is 5.11 Å². The second-order valence-corrected chi connectivity index (χ2v) is 5.44. The fourth-order valence-electron chi connectivity index (χ4n) is 2.05. The Hall–Kier alpha value is -1.91. The summed E-state index contributed by atoms with van der Waals surface area (Å²) in [7, 11) is 0. The van der Waals surface area contributed by atoms with E-state index in [2.05, 4.69) is 10.6 Å². The summed E-state index contributed by atoms with van der Waals surface area (Å²) < 4.78 is 0. The first-order valence-corrected chi connectivity index (χ1v) is 7.37. The number of benzene rings is 2. The van der Waals surface area contributed by atoms with Gasteiger partial charge in [-0.2, -0.15) is 0 Å². The molecule has 0 aliphatic rings. The predicted molar refractivity (Wildman–Crippen MR) is 91.6 cm³/mol. The van der Waals surface area contributed by atoms with E-state index in [1.165, 1.54) is 11.1 Å². The van der Waals surface area contributed by atoms with Crippen molar-refractivity contribution in [3.05, 3.63) is 65.7 Å². The number of aliphatic hydroxyl groups is 1. The van der Waals surface area contributed by atoms with Gasteiger partial charge in [-0.3, -0.25) is 0 Å². The van der Waals surface area contributed by atoms with Crippen molar-refractivity contribution in [1.29, 1.82) is 0 Å². The molecule has 2 aromatic carbocycles. The van der Waals surface area contributed by atoms with E-state index < -0.39 is 0 Å². The van der Waals surface area contributed by atoms with Crippen molar-refractivity contribution >= 4 is 23.0 Å². The molecule has 4 heteroatoms. The van der Waals surface area contributed by atoms with Crippen LogP contribution in [0.2, 0.25) is 0 Å². The fourth-order valence-corrected chi connectivity index (χ4v) is 2.33. The van der Waals surface area contributed by atoms with Crippen LogP contribution in [0.1, 0.15) is 11.1 Å². The van der Waals surface area contributed by atoms with Crippen LogP contribution in [0, 0.1) is 6.92 Å². The van der Waals surface area contributed by atoms with Gasteiger partial charge in [0, 0.05) is 5.69 Å². The molecule has 110 valence electrons. The number of aryl methyl sites for hydroxylation is 1. The highest BCUT2D eigenvalue weighted by Crippen LogP contribution is 2.09. The van der Waals surface area contributed by atoms with Gasteiger partial charge in [-0.05, 0) is 43.3 Å². The Balaban J connectivity index is 1.89. The molecule has 0 radical (unpaired) electrons. The normalized spacial score (nSPS) is 11.7. The molecule has 0 unspecified atom stereocenters. The smallest absolute Gasteiger partial charge is 0.171 e. The van der Waals surface area contributed by atoms with Crippen molar-refractivity contribution in [2.24, 2.45) is 0 Å². The summed E-state index contributed by atoms with van der Waals surface area (Å²) in [5, 5.41) is 16.3. The number of hydrogen-bond donors (Lipinski definition) is 3. The molecule has 0 saturated carbocycles. The van der Waals surface area contributed by atoms with Crippen LogP contribution in [0.3, 0.4) is 0 Å². The molecule has 0 fully saturated rings. The van der Waals surface area contributed by atoms with Gasteiger partial charge in [0.15, 0.2) is 5.11 Å². The molecule has 1 atom stereocenters. The summed E-state index contributed by atoms with van der Waals surface area (Å²) in [6.07, 6.45) is 0.729. The maximum absolute atomic E-state index is 9.49. The zero-order valence-corrected chi connectivity index (χ0v) is 12.9. The topological polar surface area (TPSA) is 44.3 Å². The summed E-state index contributed by atoms with van der Waals surface area (Å²) in [5.74, 6) is 0. The Bertz CT molecular complexity index is 569. The van der Waals surface area contributed by atoms with E-state index in [1.54, 1.807) is 0 Å². The molecule has 0 saturated heterocycles. The van der Waals surface area contributed by atoms with Crippen LogP contribution in [0.25, 0.3) is 0 Å². The standard InChI is InChI=1S/C17H20N2OS/c1-13-7-9-15(10-8-13)18-17(21)19-16(12-20)11-14-5-3-2-4-6-14/h2-10,16,20H,11-12H2,1H3,(H2,18,19,21)/t16-/m1/s1. The number of anilines is 1. The molecule has 0 heterocycles. The lowest BCUT2D eigenvalue weighted by molar-refractivity contribution is 0.255. The highest BCUT2D eigenvalue weighted by molar-refractivity contribution is 7.80. The van der Waals surface area contributed by atoms with Crippen molar-refractivity contribution in [1.82, 2.24) is 5.32 Å². The Labute approximate surface area is 131 Å². The largest absolute Gasteiger partial charge is 0.394 e. The van der Waals surface area contributed by atoms with Crippen molar-refractivity contribution in [2.75, 3.05) is 11.9 Å². The van der Waals surface area contributed by atoms with Gasteiger partial charge in [0.25, 0.3) is 0 Å². The highest BCUT2D eigenvalue weighted by atomic mass is 32.1. The molecule has 0 aliphatic heterocycles. The summed E-state index contributed by atoms with van der Waals surface area (Å²) in [6, 6.07) is 18.0. The van der Waals surface area contributed by atoms with Crippen LogP contribution >= 0.6 is 12.2 Å². The first-order chi connectivity index (χ1) is 10.2. The van der Waals surface area contributed by atoms with Gasteiger partial charge < -0.3 is 15.7 Å². The number of aliphatic hydroxyl groups excluding tert-OH is 1. The van der Waals surface area contributed by atoms with Gasteiger partial charge in [0.2, 0.25) is 0 Å². The van der Waals surface area contributed by atoms with Crippen LogP contribution in [0.5, 0.6) is 0 Å².